The van der Waals surface area contributed by atoms with Gasteiger partial charge in [-0.1, -0.05) is 97.1 Å². The van der Waals surface area contributed by atoms with E-state index in [1.165, 1.54) is 0 Å². The summed E-state index contributed by atoms with van der Waals surface area (Å²) in [6.45, 7) is 2.23. The topological polar surface area (TPSA) is 121 Å². The van der Waals surface area contributed by atoms with Crippen molar-refractivity contribution < 1.29 is 24.5 Å². The number of amides is 2. The maximum Gasteiger partial charge on any atom is 0.268 e. The number of aliphatic hydroxyl groups is 2. The van der Waals surface area contributed by atoms with E-state index in [2.05, 4.69) is 10.3 Å². The molecule has 53 heavy (non-hydrogen) atoms. The summed E-state index contributed by atoms with van der Waals surface area (Å²) in [7, 11) is 0. The Labute approximate surface area is 306 Å². The number of aryl methyl sites for hydroxylation is 1. The molecule has 2 N–H and O–H groups in total. The van der Waals surface area contributed by atoms with Gasteiger partial charge in [-0.05, 0) is 66.6 Å². The number of aliphatic hydroxyl groups excluding tert-OH is 1. The number of benzene rings is 5. The summed E-state index contributed by atoms with van der Waals surface area (Å²) in [4.78, 5) is 31.8. The second-order valence-corrected chi connectivity index (χ2v) is 13.2. The van der Waals surface area contributed by atoms with Gasteiger partial charge in [-0.2, -0.15) is 0 Å². The molecule has 0 bridgehead atoms. The number of aromatic nitrogens is 3. The first-order chi connectivity index (χ1) is 25.9. The third kappa shape index (κ3) is 5.97. The van der Waals surface area contributed by atoms with Crippen LogP contribution in [0.2, 0.25) is 0 Å². The quantitative estimate of drug-likeness (QED) is 0.141. The van der Waals surface area contributed by atoms with Crippen LogP contribution in [0, 0.1) is 5.92 Å². The van der Waals surface area contributed by atoms with Crippen molar-refractivity contribution in [3.63, 3.8) is 0 Å². The second kappa shape index (κ2) is 14.0. The highest BCUT2D eigenvalue weighted by atomic mass is 16.5. The number of ether oxygens (including phenoxy) is 1. The number of para-hydroxylation sites is 4. The van der Waals surface area contributed by atoms with Crippen molar-refractivity contribution >= 4 is 34.6 Å². The van der Waals surface area contributed by atoms with E-state index in [9.17, 15) is 19.8 Å². The number of allylic oxidation sites excluding steroid dienone is 1. The lowest BCUT2D eigenvalue weighted by molar-refractivity contribution is -0.138. The highest BCUT2D eigenvalue weighted by molar-refractivity contribution is 6.16. The van der Waals surface area contributed by atoms with Crippen molar-refractivity contribution in [3.05, 3.63) is 168 Å². The zero-order chi connectivity index (χ0) is 36.5. The Kier molecular flexibility index (Phi) is 8.91. The van der Waals surface area contributed by atoms with E-state index in [4.69, 9.17) is 4.74 Å². The van der Waals surface area contributed by atoms with Crippen molar-refractivity contribution in [2.45, 2.75) is 31.4 Å². The van der Waals surface area contributed by atoms with Crippen molar-refractivity contribution in [2.75, 3.05) is 16.4 Å². The van der Waals surface area contributed by atoms with E-state index >= 15 is 0 Å². The number of rotatable bonds is 10. The van der Waals surface area contributed by atoms with Gasteiger partial charge in [-0.3, -0.25) is 24.1 Å². The van der Waals surface area contributed by atoms with Gasteiger partial charge < -0.3 is 14.9 Å². The van der Waals surface area contributed by atoms with Crippen LogP contribution in [0.3, 0.4) is 0 Å². The Bertz CT molecular complexity index is 2320. The summed E-state index contributed by atoms with van der Waals surface area (Å²) in [5.74, 6) is -0.761. The van der Waals surface area contributed by atoms with Crippen molar-refractivity contribution in [3.8, 4) is 11.5 Å². The highest BCUT2D eigenvalue weighted by Gasteiger charge is 2.53. The molecule has 0 radical (unpaired) electrons. The van der Waals surface area contributed by atoms with E-state index in [-0.39, 0.29) is 18.4 Å². The Hall–Kier alpha value is -6.36. The molecule has 8 rings (SSSR count). The zero-order valence-corrected chi connectivity index (χ0v) is 29.0. The van der Waals surface area contributed by atoms with Crippen LogP contribution in [0.5, 0.6) is 11.5 Å². The second-order valence-electron chi connectivity index (χ2n) is 13.2. The summed E-state index contributed by atoms with van der Waals surface area (Å²) in [5, 5.41) is 31.2. The van der Waals surface area contributed by atoms with Crippen molar-refractivity contribution in [1.82, 2.24) is 15.0 Å². The molecule has 2 amide bonds. The van der Waals surface area contributed by atoms with Crippen LogP contribution < -0.4 is 14.5 Å². The lowest BCUT2D eigenvalue weighted by Gasteiger charge is -2.28. The van der Waals surface area contributed by atoms with Gasteiger partial charge in [-0.15, -0.1) is 5.10 Å². The van der Waals surface area contributed by atoms with Crippen LogP contribution in [0.4, 0.5) is 22.7 Å². The Morgan fingerprint density at radius 2 is 1.49 bits per heavy atom. The fourth-order valence-corrected chi connectivity index (χ4v) is 7.18. The van der Waals surface area contributed by atoms with Crippen molar-refractivity contribution in [1.29, 1.82) is 0 Å². The summed E-state index contributed by atoms with van der Waals surface area (Å²) < 4.78 is 7.93. The fraction of sp³-hybridized carbons (Fsp3) is 0.163. The molecule has 264 valence electrons. The SMILES string of the molecule is C[C@H](/C=C/CCn1cc(C(CO)c2ccccc2)nn1)[C@@]1(O)C(=O)N(c2ccccc2)c2ccc(N3C(=O)c4ccccc4Oc4ccccc43)cc21. The van der Waals surface area contributed by atoms with Gasteiger partial charge in [0, 0.05) is 35.6 Å². The summed E-state index contributed by atoms with van der Waals surface area (Å²) in [6, 6.07) is 38.6. The minimum Gasteiger partial charge on any atom is -0.454 e. The average Bonchev–Trinajstić information content (AvgIpc) is 3.71. The third-order valence-electron chi connectivity index (χ3n) is 9.99. The number of hydrogen-bond acceptors (Lipinski definition) is 7. The monoisotopic (exact) mass is 703 g/mol. The molecule has 2 aliphatic heterocycles. The number of anilines is 4. The molecule has 5 aromatic carbocycles. The number of fused-ring (bicyclic) bond motifs is 3. The third-order valence-corrected chi connectivity index (χ3v) is 9.99. The summed E-state index contributed by atoms with van der Waals surface area (Å²) in [6.07, 6.45) is 6.16. The smallest absolute Gasteiger partial charge is 0.268 e. The molecule has 3 heterocycles. The molecule has 1 aromatic heterocycles. The lowest BCUT2D eigenvalue weighted by atomic mass is 9.82. The van der Waals surface area contributed by atoms with Crippen LogP contribution in [-0.4, -0.2) is 43.6 Å². The van der Waals surface area contributed by atoms with E-state index in [0.29, 0.717) is 64.0 Å². The number of carbonyl (C=O) groups is 2. The number of nitrogens with zero attached hydrogens (tertiary/aromatic N) is 5. The number of carbonyl (C=O) groups excluding carboxylic acids is 2. The average molecular weight is 704 g/mol. The molecule has 6 aromatic rings. The molecule has 0 spiro atoms. The van der Waals surface area contributed by atoms with E-state index in [0.717, 1.165) is 5.56 Å². The van der Waals surface area contributed by atoms with Crippen LogP contribution in [0.25, 0.3) is 0 Å². The molecular formula is C43H37N5O5. The molecular weight excluding hydrogens is 667 g/mol. The normalized spacial score (nSPS) is 17.6. The fourth-order valence-electron chi connectivity index (χ4n) is 7.18. The first kappa shape index (κ1) is 33.8. The Morgan fingerprint density at radius 1 is 0.792 bits per heavy atom. The first-order valence-electron chi connectivity index (χ1n) is 17.6. The zero-order valence-electron chi connectivity index (χ0n) is 29.0. The van der Waals surface area contributed by atoms with E-state index < -0.39 is 17.4 Å². The summed E-state index contributed by atoms with van der Waals surface area (Å²) >= 11 is 0. The minimum absolute atomic E-state index is 0.0879. The highest BCUT2D eigenvalue weighted by Crippen LogP contribution is 2.51. The summed E-state index contributed by atoms with van der Waals surface area (Å²) in [5.41, 5.74) is 2.65. The van der Waals surface area contributed by atoms with E-state index in [1.54, 1.807) is 50.9 Å². The molecule has 2 aliphatic rings. The standard InChI is InChI=1S/C43H37N5O5/c1-29(14-12-13-25-46-27-36(44-45-46)34(28-49)30-15-4-2-5-16-30)43(52)35-26-32(23-24-37(35)48(42(43)51)31-17-6-3-7-18-31)47-38-20-9-11-22-40(38)53-39-21-10-8-19-33(39)41(47)50/h2-12,14-24,26-27,29,34,49,52H,13,25,28H2,1H3/b14-12+/t29-,34?,43+/m1/s1. The van der Waals surface area contributed by atoms with Gasteiger partial charge in [0.05, 0.1) is 35.2 Å². The van der Waals surface area contributed by atoms with Crippen molar-refractivity contribution in [2.24, 2.45) is 5.92 Å². The van der Waals surface area contributed by atoms with E-state index in [1.807, 2.05) is 116 Å². The predicted molar refractivity (Wildman–Crippen MR) is 202 cm³/mol. The molecule has 0 aliphatic carbocycles. The Morgan fingerprint density at radius 3 is 2.26 bits per heavy atom. The minimum atomic E-state index is -1.95. The van der Waals surface area contributed by atoms with Gasteiger partial charge >= 0.3 is 0 Å². The molecule has 0 saturated heterocycles. The van der Waals surface area contributed by atoms with Crippen LogP contribution in [0.1, 0.15) is 46.4 Å². The molecule has 0 fully saturated rings. The molecule has 0 saturated carbocycles. The molecule has 3 atom stereocenters. The largest absolute Gasteiger partial charge is 0.454 e. The molecule has 10 heteroatoms. The predicted octanol–water partition coefficient (Wildman–Crippen LogP) is 7.64. The first-order valence-corrected chi connectivity index (χ1v) is 17.6. The maximum absolute atomic E-state index is 14.5. The van der Waals surface area contributed by atoms with Crippen LogP contribution in [-0.2, 0) is 16.9 Å². The van der Waals surface area contributed by atoms with Gasteiger partial charge in [-0.25, -0.2) is 0 Å². The van der Waals surface area contributed by atoms with Gasteiger partial charge in [0.2, 0.25) is 0 Å². The van der Waals surface area contributed by atoms with Crippen LogP contribution >= 0.6 is 0 Å². The van der Waals surface area contributed by atoms with Gasteiger partial charge in [0.15, 0.2) is 11.4 Å². The van der Waals surface area contributed by atoms with Gasteiger partial charge in [0.1, 0.15) is 5.75 Å². The lowest BCUT2D eigenvalue weighted by Crippen LogP contribution is -2.42. The molecule has 1 unspecified atom stereocenters. The number of hydrogen-bond donors (Lipinski definition) is 2. The Balaban J connectivity index is 1.11. The van der Waals surface area contributed by atoms with Crippen LogP contribution in [0.15, 0.2) is 146 Å². The molecule has 10 nitrogen and oxygen atoms in total. The van der Waals surface area contributed by atoms with Gasteiger partial charge in [0.25, 0.3) is 11.8 Å². The maximum atomic E-state index is 14.5.